The van der Waals surface area contributed by atoms with Gasteiger partial charge in [0, 0.05) is 0 Å². The second-order valence-corrected chi connectivity index (χ2v) is 2.29. The van der Waals surface area contributed by atoms with E-state index in [0.29, 0.717) is 0 Å². The van der Waals surface area contributed by atoms with E-state index >= 15 is 0 Å². The molecule has 1 rings (SSSR count). The topological polar surface area (TPSA) is 99.4 Å². The first-order valence-electron chi connectivity index (χ1n) is 3.14. The molecule has 1 aliphatic heterocycles. The van der Waals surface area contributed by atoms with Crippen LogP contribution in [-0.2, 0) is 9.78 Å². The minimum Gasteiger partial charge on any atom is -0.393 e. The predicted octanol–water partition coefficient (Wildman–Crippen LogP) is -2.65. The molecule has 1 fully saturated rings. The van der Waals surface area contributed by atoms with E-state index in [4.69, 9.17) is 20.4 Å². The van der Waals surface area contributed by atoms with Crippen LogP contribution < -0.4 is 0 Å². The number of aliphatic hydroxyl groups excluding tert-OH is 4. The molecule has 0 aromatic rings. The summed E-state index contributed by atoms with van der Waals surface area (Å²) in [6.45, 7) is -0.481. The first kappa shape index (κ1) is 8.85. The van der Waals surface area contributed by atoms with Crippen molar-refractivity contribution in [1.29, 1.82) is 0 Å². The second-order valence-electron chi connectivity index (χ2n) is 2.29. The third kappa shape index (κ3) is 1.67. The minimum absolute atomic E-state index is 0.481. The molecule has 1 saturated heterocycles. The van der Waals surface area contributed by atoms with Crippen LogP contribution in [0.1, 0.15) is 0 Å². The Bertz CT molecular complexity index is 126. The van der Waals surface area contributed by atoms with Crippen molar-refractivity contribution in [1.82, 2.24) is 0 Å². The van der Waals surface area contributed by atoms with Crippen molar-refractivity contribution in [2.75, 3.05) is 6.61 Å². The summed E-state index contributed by atoms with van der Waals surface area (Å²) in [5.74, 6) is 0. The average molecular weight is 166 g/mol. The lowest BCUT2D eigenvalue weighted by atomic mass is 10.1. The standard InChI is InChI=1S/C5H10O6/c6-1-2-3(7)4(8)5(9)11-10-2/h2-9H,1H2. The molecule has 0 aliphatic carbocycles. The summed E-state index contributed by atoms with van der Waals surface area (Å²) in [7, 11) is 0. The van der Waals surface area contributed by atoms with Crippen LogP contribution in [0.3, 0.4) is 0 Å². The summed E-state index contributed by atoms with van der Waals surface area (Å²) in [4.78, 5) is 8.46. The highest BCUT2D eigenvalue weighted by atomic mass is 17.2. The van der Waals surface area contributed by atoms with Crippen molar-refractivity contribution in [3.63, 3.8) is 0 Å². The van der Waals surface area contributed by atoms with Gasteiger partial charge in [0.2, 0.25) is 6.29 Å². The third-order valence-electron chi connectivity index (χ3n) is 1.48. The fourth-order valence-corrected chi connectivity index (χ4v) is 0.769. The van der Waals surface area contributed by atoms with E-state index in [1.807, 2.05) is 0 Å². The lowest BCUT2D eigenvalue weighted by Gasteiger charge is -2.32. The highest BCUT2D eigenvalue weighted by molar-refractivity contribution is 4.79. The number of rotatable bonds is 1. The highest BCUT2D eigenvalue weighted by Crippen LogP contribution is 2.15. The average Bonchev–Trinajstić information content (AvgIpc) is 2.01. The monoisotopic (exact) mass is 166 g/mol. The SMILES string of the molecule is OCC1OOC(O)C(O)C1O. The van der Waals surface area contributed by atoms with Crippen LogP contribution in [-0.4, -0.2) is 51.6 Å². The Kier molecular flexibility index (Phi) is 2.77. The van der Waals surface area contributed by atoms with Crippen molar-refractivity contribution >= 4 is 0 Å². The molecule has 0 radical (unpaired) electrons. The van der Waals surface area contributed by atoms with E-state index in [9.17, 15) is 0 Å². The van der Waals surface area contributed by atoms with Crippen molar-refractivity contribution in [2.24, 2.45) is 0 Å². The summed E-state index contributed by atoms with van der Waals surface area (Å²) in [6, 6.07) is 0. The van der Waals surface area contributed by atoms with Gasteiger partial charge in [-0.2, -0.15) is 0 Å². The highest BCUT2D eigenvalue weighted by Gasteiger charge is 2.38. The molecule has 66 valence electrons. The quantitative estimate of drug-likeness (QED) is 0.317. The summed E-state index contributed by atoms with van der Waals surface area (Å²) in [5, 5.41) is 35.2. The zero-order valence-electron chi connectivity index (χ0n) is 5.62. The zero-order chi connectivity index (χ0) is 8.43. The molecule has 4 unspecified atom stereocenters. The molecule has 6 nitrogen and oxygen atoms in total. The molecule has 0 aromatic heterocycles. The maximum Gasteiger partial charge on any atom is 0.217 e. The Balaban J connectivity index is 2.52. The van der Waals surface area contributed by atoms with Crippen molar-refractivity contribution in [3.05, 3.63) is 0 Å². The second kappa shape index (κ2) is 3.44. The predicted molar refractivity (Wildman–Crippen MR) is 31.1 cm³/mol. The van der Waals surface area contributed by atoms with Gasteiger partial charge in [-0.25, -0.2) is 9.78 Å². The summed E-state index contributed by atoms with van der Waals surface area (Å²) >= 11 is 0. The first-order valence-corrected chi connectivity index (χ1v) is 3.14. The first-order chi connectivity index (χ1) is 5.16. The molecule has 0 spiro atoms. The van der Waals surface area contributed by atoms with Gasteiger partial charge in [-0.1, -0.05) is 0 Å². The maximum atomic E-state index is 9.03. The lowest BCUT2D eigenvalue weighted by molar-refractivity contribution is -0.453. The summed E-state index contributed by atoms with van der Waals surface area (Å²) < 4.78 is 0. The van der Waals surface area contributed by atoms with Gasteiger partial charge in [0.25, 0.3) is 0 Å². The molecule has 0 bridgehead atoms. The molecule has 0 amide bonds. The van der Waals surface area contributed by atoms with Crippen LogP contribution >= 0.6 is 0 Å². The van der Waals surface area contributed by atoms with Crippen molar-refractivity contribution in [2.45, 2.75) is 24.6 Å². The van der Waals surface area contributed by atoms with Gasteiger partial charge in [0.15, 0.2) is 0 Å². The molecular formula is C5H10O6. The van der Waals surface area contributed by atoms with Gasteiger partial charge in [-0.05, 0) is 0 Å². The van der Waals surface area contributed by atoms with Crippen LogP contribution in [0.4, 0.5) is 0 Å². The summed E-state index contributed by atoms with van der Waals surface area (Å²) in [5.41, 5.74) is 0. The number of hydrogen-bond donors (Lipinski definition) is 4. The van der Waals surface area contributed by atoms with Crippen LogP contribution in [0, 0.1) is 0 Å². The van der Waals surface area contributed by atoms with Crippen LogP contribution in [0.25, 0.3) is 0 Å². The molecule has 0 aromatic carbocycles. The molecular weight excluding hydrogens is 156 g/mol. The van der Waals surface area contributed by atoms with E-state index in [1.165, 1.54) is 0 Å². The smallest absolute Gasteiger partial charge is 0.217 e. The largest absolute Gasteiger partial charge is 0.393 e. The van der Waals surface area contributed by atoms with Gasteiger partial charge in [-0.3, -0.25) is 0 Å². The molecule has 4 atom stereocenters. The van der Waals surface area contributed by atoms with Crippen molar-refractivity contribution < 1.29 is 30.2 Å². The van der Waals surface area contributed by atoms with Crippen LogP contribution in [0.2, 0.25) is 0 Å². The van der Waals surface area contributed by atoms with Gasteiger partial charge in [0.05, 0.1) is 6.61 Å². The fraction of sp³-hybridized carbons (Fsp3) is 1.00. The van der Waals surface area contributed by atoms with Crippen LogP contribution in [0.5, 0.6) is 0 Å². The van der Waals surface area contributed by atoms with Crippen molar-refractivity contribution in [3.8, 4) is 0 Å². The van der Waals surface area contributed by atoms with E-state index in [2.05, 4.69) is 9.78 Å². The molecule has 0 saturated carbocycles. The van der Waals surface area contributed by atoms with E-state index in [-0.39, 0.29) is 0 Å². The fourth-order valence-electron chi connectivity index (χ4n) is 0.769. The molecule has 1 heterocycles. The minimum atomic E-state index is -1.56. The van der Waals surface area contributed by atoms with E-state index in [0.717, 1.165) is 0 Å². The normalized spacial score (nSPS) is 45.8. The molecule has 11 heavy (non-hydrogen) atoms. The maximum absolute atomic E-state index is 9.03. The summed E-state index contributed by atoms with van der Waals surface area (Å²) in [6.07, 6.45) is -5.34. The van der Waals surface area contributed by atoms with Gasteiger partial charge in [-0.15, -0.1) is 0 Å². The Morgan fingerprint density at radius 2 is 1.64 bits per heavy atom. The zero-order valence-corrected chi connectivity index (χ0v) is 5.62. The van der Waals surface area contributed by atoms with Crippen LogP contribution in [0.15, 0.2) is 0 Å². The Labute approximate surface area is 62.5 Å². The number of aliphatic hydroxyl groups is 4. The van der Waals surface area contributed by atoms with E-state index in [1.54, 1.807) is 0 Å². The molecule has 1 aliphatic rings. The Hall–Kier alpha value is -0.240. The third-order valence-corrected chi connectivity index (χ3v) is 1.48. The van der Waals surface area contributed by atoms with Gasteiger partial charge in [0.1, 0.15) is 18.3 Å². The lowest BCUT2D eigenvalue weighted by Crippen LogP contribution is -2.53. The Morgan fingerprint density at radius 1 is 1.00 bits per heavy atom. The van der Waals surface area contributed by atoms with Gasteiger partial charge >= 0.3 is 0 Å². The molecule has 6 heteroatoms. The Morgan fingerprint density at radius 3 is 2.18 bits per heavy atom. The van der Waals surface area contributed by atoms with E-state index < -0.39 is 31.2 Å². The van der Waals surface area contributed by atoms with Gasteiger partial charge < -0.3 is 20.4 Å². The number of hydrogen-bond acceptors (Lipinski definition) is 6. The molecule has 4 N–H and O–H groups in total.